The van der Waals surface area contributed by atoms with Crippen molar-refractivity contribution in [2.45, 2.75) is 50.5 Å². The smallest absolute Gasteiger partial charge is 0.304 e. The highest BCUT2D eigenvalue weighted by Gasteiger charge is 2.21. The number of carbonyl (C=O) groups is 1. The van der Waals surface area contributed by atoms with Crippen LogP contribution in [-0.2, 0) is 11.2 Å². The summed E-state index contributed by atoms with van der Waals surface area (Å²) in [4.78, 5) is 10.4. The Morgan fingerprint density at radius 1 is 1.32 bits per heavy atom. The zero-order valence-electron chi connectivity index (χ0n) is 12.7. The highest BCUT2D eigenvalue weighted by molar-refractivity contribution is 7.99. The molecule has 0 bridgehead atoms. The number of phenolic OH excluding ortho intramolecular Hbond substituents is 1. The van der Waals surface area contributed by atoms with Crippen molar-refractivity contribution in [3.8, 4) is 5.75 Å². The quantitative estimate of drug-likeness (QED) is 0.640. The molecule has 4 nitrogen and oxygen atoms in total. The molecule has 1 aliphatic rings. The zero-order chi connectivity index (χ0) is 15.9. The molecule has 5 heteroatoms. The molecule has 1 aliphatic carbocycles. The normalized spacial score (nSPS) is 16.8. The Hall–Kier alpha value is -1.20. The Labute approximate surface area is 135 Å². The molecule has 0 radical (unpaired) electrons. The maximum absolute atomic E-state index is 10.4. The first kappa shape index (κ1) is 17.2. The summed E-state index contributed by atoms with van der Waals surface area (Å²) in [6, 6.07) is 5.80. The van der Waals surface area contributed by atoms with Gasteiger partial charge in [0.15, 0.2) is 0 Å². The predicted octanol–water partition coefficient (Wildman–Crippen LogP) is 3.16. The molecule has 122 valence electrons. The summed E-state index contributed by atoms with van der Waals surface area (Å²) in [5, 5.41) is 29.1. The zero-order valence-corrected chi connectivity index (χ0v) is 13.5. The summed E-state index contributed by atoms with van der Waals surface area (Å²) in [6.07, 6.45) is 4.65. The van der Waals surface area contributed by atoms with Crippen molar-refractivity contribution >= 4 is 17.7 Å². The van der Waals surface area contributed by atoms with E-state index in [4.69, 9.17) is 5.11 Å². The molecule has 0 spiro atoms. The number of aliphatic hydroxyl groups excluding tert-OH is 1. The molecule has 0 heterocycles. The molecular weight excluding hydrogens is 300 g/mol. The fraction of sp³-hybridized carbons (Fsp3) is 0.588. The van der Waals surface area contributed by atoms with Crippen LogP contribution >= 0.6 is 11.8 Å². The number of hydrogen-bond donors (Lipinski definition) is 3. The van der Waals surface area contributed by atoms with Gasteiger partial charge < -0.3 is 15.3 Å². The average molecular weight is 324 g/mol. The van der Waals surface area contributed by atoms with Gasteiger partial charge in [-0.2, -0.15) is 11.8 Å². The van der Waals surface area contributed by atoms with Crippen molar-refractivity contribution in [1.29, 1.82) is 0 Å². The van der Waals surface area contributed by atoms with Gasteiger partial charge in [-0.1, -0.05) is 31.0 Å². The second-order valence-corrected chi connectivity index (χ2v) is 7.06. The van der Waals surface area contributed by atoms with E-state index in [-0.39, 0.29) is 6.42 Å². The van der Waals surface area contributed by atoms with Crippen LogP contribution < -0.4 is 0 Å². The lowest BCUT2D eigenvalue weighted by molar-refractivity contribution is -0.136. The van der Waals surface area contributed by atoms with E-state index in [1.54, 1.807) is 0 Å². The standard InChI is InChI=1S/C17H24O4S/c18-14(11-22-9-8-16(19)20)10-13-6-3-7-15(17(13)21)12-4-1-2-5-12/h3,6-7,12,14,18,21H,1-2,4-5,8-11H2,(H,19,20). The lowest BCUT2D eigenvalue weighted by Crippen LogP contribution is -2.14. The second-order valence-electron chi connectivity index (χ2n) is 5.91. The van der Waals surface area contributed by atoms with Crippen LogP contribution in [0.15, 0.2) is 18.2 Å². The number of phenols is 1. The molecule has 2 rings (SSSR count). The van der Waals surface area contributed by atoms with E-state index < -0.39 is 12.1 Å². The molecular formula is C17H24O4S. The first-order chi connectivity index (χ1) is 10.6. The Morgan fingerprint density at radius 2 is 2.05 bits per heavy atom. The predicted molar refractivity (Wildman–Crippen MR) is 88.6 cm³/mol. The number of aromatic hydroxyl groups is 1. The third-order valence-electron chi connectivity index (χ3n) is 4.17. The van der Waals surface area contributed by atoms with Crippen molar-refractivity contribution in [1.82, 2.24) is 0 Å². The van der Waals surface area contributed by atoms with Crippen LogP contribution in [0.3, 0.4) is 0 Å². The Morgan fingerprint density at radius 3 is 2.73 bits per heavy atom. The molecule has 22 heavy (non-hydrogen) atoms. The van der Waals surface area contributed by atoms with Crippen molar-refractivity contribution < 1.29 is 20.1 Å². The van der Waals surface area contributed by atoms with Gasteiger partial charge in [0, 0.05) is 17.9 Å². The number of carboxylic acid groups (broad SMARTS) is 1. The largest absolute Gasteiger partial charge is 0.507 e. The minimum Gasteiger partial charge on any atom is -0.507 e. The lowest BCUT2D eigenvalue weighted by atomic mass is 9.93. The number of aliphatic hydroxyl groups is 1. The summed E-state index contributed by atoms with van der Waals surface area (Å²) in [5.74, 6) is 0.954. The van der Waals surface area contributed by atoms with Crippen molar-refractivity contribution in [2.75, 3.05) is 11.5 Å². The Bertz CT molecular complexity index is 497. The van der Waals surface area contributed by atoms with Crippen molar-refractivity contribution in [3.63, 3.8) is 0 Å². The number of rotatable bonds is 8. The summed E-state index contributed by atoms with van der Waals surface area (Å²) in [5.41, 5.74) is 1.80. The Balaban J connectivity index is 1.89. The topological polar surface area (TPSA) is 77.8 Å². The maximum atomic E-state index is 10.4. The number of thioether (sulfide) groups is 1. The Kier molecular flexibility index (Phi) is 6.58. The van der Waals surface area contributed by atoms with Crippen LogP contribution in [0, 0.1) is 0 Å². The molecule has 1 atom stereocenters. The van der Waals surface area contributed by atoms with E-state index in [0.29, 0.717) is 29.6 Å². The maximum Gasteiger partial charge on any atom is 0.304 e. The van der Waals surface area contributed by atoms with Gasteiger partial charge in [0.25, 0.3) is 0 Å². The molecule has 1 unspecified atom stereocenters. The highest BCUT2D eigenvalue weighted by Crippen LogP contribution is 2.39. The summed E-state index contributed by atoms with van der Waals surface area (Å²) < 4.78 is 0. The van der Waals surface area contributed by atoms with E-state index in [0.717, 1.165) is 24.0 Å². The van der Waals surface area contributed by atoms with Gasteiger partial charge in [-0.05, 0) is 29.9 Å². The molecule has 0 amide bonds. The third-order valence-corrected chi connectivity index (χ3v) is 5.29. The number of aliphatic carboxylic acids is 1. The van der Waals surface area contributed by atoms with Crippen LogP contribution in [0.1, 0.15) is 49.1 Å². The molecule has 1 fully saturated rings. The minimum absolute atomic E-state index is 0.111. The molecule has 3 N–H and O–H groups in total. The monoisotopic (exact) mass is 324 g/mol. The number of para-hydroxylation sites is 1. The van der Waals surface area contributed by atoms with Gasteiger partial charge in [-0.25, -0.2) is 0 Å². The number of hydrogen-bond acceptors (Lipinski definition) is 4. The molecule has 0 aliphatic heterocycles. The van der Waals surface area contributed by atoms with E-state index in [1.807, 2.05) is 18.2 Å². The molecule has 1 saturated carbocycles. The van der Waals surface area contributed by atoms with Gasteiger partial charge in [0.05, 0.1) is 12.5 Å². The van der Waals surface area contributed by atoms with E-state index in [1.165, 1.54) is 24.6 Å². The van der Waals surface area contributed by atoms with Crippen molar-refractivity contribution in [3.05, 3.63) is 29.3 Å². The molecule has 0 aromatic heterocycles. The van der Waals surface area contributed by atoms with Crippen LogP contribution in [0.25, 0.3) is 0 Å². The van der Waals surface area contributed by atoms with Gasteiger partial charge in [-0.15, -0.1) is 0 Å². The molecule has 1 aromatic carbocycles. The number of benzene rings is 1. The molecule has 1 aromatic rings. The summed E-state index contributed by atoms with van der Waals surface area (Å²) in [7, 11) is 0. The third kappa shape index (κ3) is 4.92. The van der Waals surface area contributed by atoms with E-state index >= 15 is 0 Å². The second kappa shape index (κ2) is 8.44. The lowest BCUT2D eigenvalue weighted by Gasteiger charge is -2.16. The molecule has 0 saturated heterocycles. The van der Waals surface area contributed by atoms with Gasteiger partial charge in [0.2, 0.25) is 0 Å². The first-order valence-electron chi connectivity index (χ1n) is 7.86. The number of carboxylic acids is 1. The fourth-order valence-corrected chi connectivity index (χ4v) is 3.91. The van der Waals surface area contributed by atoms with Crippen molar-refractivity contribution in [2.24, 2.45) is 0 Å². The van der Waals surface area contributed by atoms with Crippen LogP contribution in [0.4, 0.5) is 0 Å². The first-order valence-corrected chi connectivity index (χ1v) is 9.01. The van der Waals surface area contributed by atoms with Crippen LogP contribution in [0.5, 0.6) is 5.75 Å². The highest BCUT2D eigenvalue weighted by atomic mass is 32.2. The fourth-order valence-electron chi connectivity index (χ4n) is 3.03. The average Bonchev–Trinajstić information content (AvgIpc) is 3.00. The SMILES string of the molecule is O=C(O)CCSCC(O)Cc1cccc(C2CCCC2)c1O. The van der Waals surface area contributed by atoms with Gasteiger partial charge >= 0.3 is 5.97 Å². The van der Waals surface area contributed by atoms with Crippen LogP contribution in [0.2, 0.25) is 0 Å². The van der Waals surface area contributed by atoms with Gasteiger partial charge in [-0.3, -0.25) is 4.79 Å². The minimum atomic E-state index is -0.816. The van der Waals surface area contributed by atoms with E-state index in [2.05, 4.69) is 0 Å². The van der Waals surface area contributed by atoms with E-state index in [9.17, 15) is 15.0 Å². The summed E-state index contributed by atoms with van der Waals surface area (Å²) >= 11 is 1.43. The van der Waals surface area contributed by atoms with Gasteiger partial charge in [0.1, 0.15) is 5.75 Å². The summed E-state index contributed by atoms with van der Waals surface area (Å²) in [6.45, 7) is 0. The van der Waals surface area contributed by atoms with Crippen LogP contribution in [-0.4, -0.2) is 38.9 Å².